The molecule has 1 amide bonds. The smallest absolute Gasteiger partial charge is 0.238 e. The van der Waals surface area contributed by atoms with Crippen LogP contribution in [0.5, 0.6) is 0 Å². The summed E-state index contributed by atoms with van der Waals surface area (Å²) in [7, 11) is 0. The van der Waals surface area contributed by atoms with Gasteiger partial charge in [-0.3, -0.25) is 9.69 Å². The first kappa shape index (κ1) is 15.5. The molecule has 0 aliphatic carbocycles. The van der Waals surface area contributed by atoms with Crippen molar-refractivity contribution in [1.82, 2.24) is 10.2 Å². The Morgan fingerprint density at radius 1 is 1.57 bits per heavy atom. The zero-order valence-electron chi connectivity index (χ0n) is 12.4. The van der Waals surface area contributed by atoms with E-state index in [1.807, 2.05) is 0 Å². The van der Waals surface area contributed by atoms with E-state index in [0.29, 0.717) is 23.8 Å². The van der Waals surface area contributed by atoms with Crippen molar-refractivity contribution in [2.24, 2.45) is 0 Å². The van der Waals surface area contributed by atoms with Gasteiger partial charge in [0.2, 0.25) is 5.91 Å². The van der Waals surface area contributed by atoms with Gasteiger partial charge in [-0.05, 0) is 44.1 Å². The standard InChI is InChI=1S/C16H22N4O/c1-2-8-20(15-6-7-18-11-15)12-16(21)19-14-5-3-4-13(9-14)10-17/h3-5,9,15,18H,2,6-8,11-12H2,1H3,(H,19,21). The minimum atomic E-state index is -0.0227. The van der Waals surface area contributed by atoms with E-state index in [9.17, 15) is 4.79 Å². The van der Waals surface area contributed by atoms with E-state index in [0.717, 1.165) is 32.5 Å². The van der Waals surface area contributed by atoms with Gasteiger partial charge in [0.05, 0.1) is 18.2 Å². The molecule has 0 radical (unpaired) electrons. The van der Waals surface area contributed by atoms with Crippen molar-refractivity contribution in [2.75, 3.05) is 31.5 Å². The Bertz CT molecular complexity index is 517. The molecule has 1 unspecified atom stereocenters. The SMILES string of the molecule is CCCN(CC(=O)Nc1cccc(C#N)c1)C1CCNC1. The van der Waals surface area contributed by atoms with Crippen LogP contribution >= 0.6 is 0 Å². The number of carbonyl (C=O) groups excluding carboxylic acids is 1. The molecular weight excluding hydrogens is 264 g/mol. The monoisotopic (exact) mass is 286 g/mol. The lowest BCUT2D eigenvalue weighted by Gasteiger charge is -2.27. The van der Waals surface area contributed by atoms with Crippen molar-refractivity contribution in [3.05, 3.63) is 29.8 Å². The van der Waals surface area contributed by atoms with Crippen LogP contribution in [0.25, 0.3) is 0 Å². The Kier molecular flexibility index (Phi) is 5.73. The van der Waals surface area contributed by atoms with Gasteiger partial charge >= 0.3 is 0 Å². The van der Waals surface area contributed by atoms with Gasteiger partial charge < -0.3 is 10.6 Å². The number of carbonyl (C=O) groups is 1. The Hall–Kier alpha value is -1.90. The third-order valence-corrected chi connectivity index (χ3v) is 3.68. The molecular formula is C16H22N4O. The largest absolute Gasteiger partial charge is 0.325 e. The zero-order chi connectivity index (χ0) is 15.1. The van der Waals surface area contributed by atoms with Crippen molar-refractivity contribution >= 4 is 11.6 Å². The van der Waals surface area contributed by atoms with Crippen LogP contribution in [-0.2, 0) is 4.79 Å². The lowest BCUT2D eigenvalue weighted by atomic mass is 10.2. The molecule has 0 spiro atoms. The summed E-state index contributed by atoms with van der Waals surface area (Å²) < 4.78 is 0. The molecule has 1 heterocycles. The van der Waals surface area contributed by atoms with Crippen LogP contribution in [0.3, 0.4) is 0 Å². The highest BCUT2D eigenvalue weighted by molar-refractivity contribution is 5.92. The number of rotatable bonds is 6. The molecule has 2 rings (SSSR count). The number of hydrogen-bond donors (Lipinski definition) is 2. The second-order valence-corrected chi connectivity index (χ2v) is 5.36. The van der Waals surface area contributed by atoms with Gasteiger partial charge in [-0.25, -0.2) is 0 Å². The number of hydrogen-bond acceptors (Lipinski definition) is 4. The van der Waals surface area contributed by atoms with Crippen LogP contribution in [-0.4, -0.2) is 43.0 Å². The minimum absolute atomic E-state index is 0.0227. The van der Waals surface area contributed by atoms with Crippen LogP contribution < -0.4 is 10.6 Å². The van der Waals surface area contributed by atoms with Crippen molar-refractivity contribution in [1.29, 1.82) is 5.26 Å². The second-order valence-electron chi connectivity index (χ2n) is 5.36. The van der Waals surface area contributed by atoms with Crippen molar-refractivity contribution in [3.8, 4) is 6.07 Å². The fourth-order valence-electron chi connectivity index (χ4n) is 2.68. The number of nitrogens with zero attached hydrogens (tertiary/aromatic N) is 2. The molecule has 112 valence electrons. The Labute approximate surface area is 125 Å². The van der Waals surface area contributed by atoms with Gasteiger partial charge in [0.15, 0.2) is 0 Å². The first-order chi connectivity index (χ1) is 10.2. The number of nitrogens with one attached hydrogen (secondary N) is 2. The molecule has 0 aromatic heterocycles. The molecule has 1 saturated heterocycles. The zero-order valence-corrected chi connectivity index (χ0v) is 12.4. The van der Waals surface area contributed by atoms with Crippen LogP contribution in [0.1, 0.15) is 25.3 Å². The molecule has 1 fully saturated rings. The van der Waals surface area contributed by atoms with Gasteiger partial charge in [0.1, 0.15) is 0 Å². The highest BCUT2D eigenvalue weighted by Crippen LogP contribution is 2.12. The topological polar surface area (TPSA) is 68.2 Å². The van der Waals surface area contributed by atoms with E-state index >= 15 is 0 Å². The normalized spacial score (nSPS) is 17.7. The van der Waals surface area contributed by atoms with Gasteiger partial charge in [0, 0.05) is 18.3 Å². The average Bonchev–Trinajstić information content (AvgIpc) is 3.01. The van der Waals surface area contributed by atoms with Crippen molar-refractivity contribution in [2.45, 2.75) is 25.8 Å². The van der Waals surface area contributed by atoms with Crippen molar-refractivity contribution < 1.29 is 4.79 Å². The molecule has 5 nitrogen and oxygen atoms in total. The van der Waals surface area contributed by atoms with E-state index in [2.05, 4.69) is 28.5 Å². The van der Waals surface area contributed by atoms with E-state index < -0.39 is 0 Å². The molecule has 0 saturated carbocycles. The maximum Gasteiger partial charge on any atom is 0.238 e. The fourth-order valence-corrected chi connectivity index (χ4v) is 2.68. The summed E-state index contributed by atoms with van der Waals surface area (Å²) in [4.78, 5) is 14.4. The minimum Gasteiger partial charge on any atom is -0.325 e. The van der Waals surface area contributed by atoms with Gasteiger partial charge in [-0.1, -0.05) is 13.0 Å². The molecule has 1 atom stereocenters. The third-order valence-electron chi connectivity index (χ3n) is 3.68. The number of nitriles is 1. The summed E-state index contributed by atoms with van der Waals surface area (Å²) in [5.74, 6) is -0.0227. The van der Waals surface area contributed by atoms with E-state index in [1.54, 1.807) is 24.3 Å². The van der Waals surface area contributed by atoms with Crippen LogP contribution in [0.4, 0.5) is 5.69 Å². The molecule has 1 aliphatic rings. The molecule has 1 aromatic rings. The lowest BCUT2D eigenvalue weighted by Crippen LogP contribution is -2.42. The summed E-state index contributed by atoms with van der Waals surface area (Å²) in [5.41, 5.74) is 1.23. The lowest BCUT2D eigenvalue weighted by molar-refractivity contribution is -0.117. The first-order valence-electron chi connectivity index (χ1n) is 7.47. The molecule has 0 bridgehead atoms. The molecule has 2 N–H and O–H groups in total. The maximum absolute atomic E-state index is 12.2. The highest BCUT2D eigenvalue weighted by atomic mass is 16.2. The predicted octanol–water partition coefficient (Wildman–Crippen LogP) is 1.57. The summed E-state index contributed by atoms with van der Waals surface area (Å²) in [5, 5.41) is 15.1. The highest BCUT2D eigenvalue weighted by Gasteiger charge is 2.23. The maximum atomic E-state index is 12.2. The molecule has 1 aliphatic heterocycles. The second kappa shape index (κ2) is 7.77. The van der Waals surface area contributed by atoms with Crippen molar-refractivity contribution in [3.63, 3.8) is 0 Å². The average molecular weight is 286 g/mol. The first-order valence-corrected chi connectivity index (χ1v) is 7.47. The quantitative estimate of drug-likeness (QED) is 0.833. The molecule has 5 heteroatoms. The summed E-state index contributed by atoms with van der Waals surface area (Å²) in [6, 6.07) is 9.52. The van der Waals surface area contributed by atoms with Crippen LogP contribution in [0.15, 0.2) is 24.3 Å². The van der Waals surface area contributed by atoms with Gasteiger partial charge in [-0.2, -0.15) is 5.26 Å². The Balaban J connectivity index is 1.93. The van der Waals surface area contributed by atoms with E-state index in [1.165, 1.54) is 0 Å². The molecule has 21 heavy (non-hydrogen) atoms. The summed E-state index contributed by atoms with van der Waals surface area (Å²) in [6.07, 6.45) is 2.13. The predicted molar refractivity (Wildman–Crippen MR) is 82.9 cm³/mol. The van der Waals surface area contributed by atoms with Gasteiger partial charge in [-0.15, -0.1) is 0 Å². The Morgan fingerprint density at radius 2 is 2.43 bits per heavy atom. The number of amides is 1. The number of benzene rings is 1. The van der Waals surface area contributed by atoms with Gasteiger partial charge in [0.25, 0.3) is 0 Å². The van der Waals surface area contributed by atoms with Crippen LogP contribution in [0.2, 0.25) is 0 Å². The fraction of sp³-hybridized carbons (Fsp3) is 0.500. The third kappa shape index (κ3) is 4.55. The Morgan fingerprint density at radius 3 is 3.10 bits per heavy atom. The van der Waals surface area contributed by atoms with Crippen LogP contribution in [0, 0.1) is 11.3 Å². The summed E-state index contributed by atoms with van der Waals surface area (Å²) >= 11 is 0. The van der Waals surface area contributed by atoms with E-state index in [-0.39, 0.29) is 5.91 Å². The summed E-state index contributed by atoms with van der Waals surface area (Å²) in [6.45, 7) is 5.44. The van der Waals surface area contributed by atoms with E-state index in [4.69, 9.17) is 5.26 Å². The molecule has 1 aromatic carbocycles. The number of anilines is 1.